The molecule has 0 aromatic heterocycles. The zero-order valence-corrected chi connectivity index (χ0v) is 17.7. The molecule has 3 amide bonds. The SMILES string of the molecule is C[C@H]1C/C=C/C[C@@H](C(=O)OCc2ccccc2)NC(=O)CNC(=O)[C@@H]2CCCN2C1=O. The van der Waals surface area contributed by atoms with Crippen molar-refractivity contribution in [3.8, 4) is 0 Å². The molecule has 1 saturated heterocycles. The third-order valence-electron chi connectivity index (χ3n) is 5.56. The molecule has 0 radical (unpaired) electrons. The molecule has 0 unspecified atom stereocenters. The summed E-state index contributed by atoms with van der Waals surface area (Å²) in [7, 11) is 0. The van der Waals surface area contributed by atoms with E-state index in [1.165, 1.54) is 0 Å². The average Bonchev–Trinajstić information content (AvgIpc) is 3.27. The Hall–Kier alpha value is -3.16. The fraction of sp³-hybridized carbons (Fsp3) is 0.478. The van der Waals surface area contributed by atoms with Gasteiger partial charge in [-0.3, -0.25) is 14.4 Å². The molecule has 3 atom stereocenters. The van der Waals surface area contributed by atoms with Crippen LogP contribution in [0.1, 0.15) is 38.2 Å². The lowest BCUT2D eigenvalue weighted by Crippen LogP contribution is -2.51. The van der Waals surface area contributed by atoms with Crippen LogP contribution in [0.25, 0.3) is 0 Å². The van der Waals surface area contributed by atoms with E-state index in [1.807, 2.05) is 43.3 Å². The van der Waals surface area contributed by atoms with Gasteiger partial charge in [0.2, 0.25) is 17.7 Å². The van der Waals surface area contributed by atoms with Crippen molar-refractivity contribution in [2.75, 3.05) is 13.1 Å². The Bertz CT molecular complexity index is 839. The number of rotatable bonds is 3. The molecule has 0 saturated carbocycles. The summed E-state index contributed by atoms with van der Waals surface area (Å²) < 4.78 is 5.37. The number of carbonyl (C=O) groups excluding carboxylic acids is 4. The number of ether oxygens (including phenoxy) is 1. The van der Waals surface area contributed by atoms with Crippen LogP contribution in [0.5, 0.6) is 0 Å². The van der Waals surface area contributed by atoms with E-state index in [2.05, 4.69) is 10.6 Å². The summed E-state index contributed by atoms with van der Waals surface area (Å²) in [4.78, 5) is 51.8. The summed E-state index contributed by atoms with van der Waals surface area (Å²) in [5.74, 6) is -1.71. The molecule has 8 heteroatoms. The van der Waals surface area contributed by atoms with Crippen LogP contribution in [0.2, 0.25) is 0 Å². The predicted octanol–water partition coefficient (Wildman–Crippen LogP) is 1.31. The van der Waals surface area contributed by atoms with Gasteiger partial charge in [-0.1, -0.05) is 49.4 Å². The zero-order valence-electron chi connectivity index (χ0n) is 17.7. The first-order valence-corrected chi connectivity index (χ1v) is 10.7. The summed E-state index contributed by atoms with van der Waals surface area (Å²) in [5, 5.41) is 5.24. The van der Waals surface area contributed by atoms with Gasteiger partial charge in [-0.05, 0) is 31.2 Å². The van der Waals surface area contributed by atoms with Crippen molar-refractivity contribution in [3.05, 3.63) is 48.0 Å². The van der Waals surface area contributed by atoms with Crippen molar-refractivity contribution in [2.24, 2.45) is 5.92 Å². The second-order valence-electron chi connectivity index (χ2n) is 7.96. The predicted molar refractivity (Wildman–Crippen MR) is 113 cm³/mol. The molecule has 166 valence electrons. The lowest BCUT2D eigenvalue weighted by Gasteiger charge is -2.27. The topological polar surface area (TPSA) is 105 Å². The third kappa shape index (κ3) is 6.16. The van der Waals surface area contributed by atoms with E-state index >= 15 is 0 Å². The minimum atomic E-state index is -0.874. The number of allylic oxidation sites excluding steroid dienone is 1. The summed E-state index contributed by atoms with van der Waals surface area (Å²) in [6, 6.07) is 7.85. The van der Waals surface area contributed by atoms with Crippen molar-refractivity contribution in [2.45, 2.75) is 51.3 Å². The van der Waals surface area contributed by atoms with Gasteiger partial charge in [-0.15, -0.1) is 0 Å². The summed E-state index contributed by atoms with van der Waals surface area (Å²) in [6.45, 7) is 2.22. The molecule has 2 N–H and O–H groups in total. The molecule has 1 aromatic carbocycles. The largest absolute Gasteiger partial charge is 0.459 e. The van der Waals surface area contributed by atoms with Gasteiger partial charge in [-0.25, -0.2) is 4.79 Å². The molecule has 3 rings (SSSR count). The van der Waals surface area contributed by atoms with Crippen molar-refractivity contribution in [3.63, 3.8) is 0 Å². The first-order valence-electron chi connectivity index (χ1n) is 10.7. The van der Waals surface area contributed by atoms with E-state index < -0.39 is 24.0 Å². The Labute approximate surface area is 182 Å². The van der Waals surface area contributed by atoms with Crippen LogP contribution < -0.4 is 10.6 Å². The number of nitrogens with zero attached hydrogens (tertiary/aromatic N) is 1. The minimum absolute atomic E-state index is 0.0670. The number of benzene rings is 1. The third-order valence-corrected chi connectivity index (χ3v) is 5.56. The minimum Gasteiger partial charge on any atom is -0.459 e. The van der Waals surface area contributed by atoms with Crippen LogP contribution in [-0.2, 0) is 30.5 Å². The quantitative estimate of drug-likeness (QED) is 0.559. The van der Waals surface area contributed by atoms with E-state index in [1.54, 1.807) is 11.0 Å². The molecule has 31 heavy (non-hydrogen) atoms. The molecule has 2 aliphatic heterocycles. The maximum absolute atomic E-state index is 12.8. The van der Waals surface area contributed by atoms with Crippen LogP contribution in [0, 0.1) is 5.92 Å². The van der Waals surface area contributed by atoms with E-state index in [-0.39, 0.29) is 37.3 Å². The Kier molecular flexibility index (Phi) is 7.81. The van der Waals surface area contributed by atoms with Crippen LogP contribution in [-0.4, -0.2) is 53.8 Å². The number of amides is 3. The summed E-state index contributed by atoms with van der Waals surface area (Å²) in [6.07, 6.45) is 5.68. The molecule has 2 aliphatic rings. The van der Waals surface area contributed by atoms with Gasteiger partial charge in [-0.2, -0.15) is 0 Å². The average molecular weight is 428 g/mol. The highest BCUT2D eigenvalue weighted by Crippen LogP contribution is 2.21. The number of carbonyl (C=O) groups is 4. The van der Waals surface area contributed by atoms with Gasteiger partial charge < -0.3 is 20.3 Å². The van der Waals surface area contributed by atoms with Gasteiger partial charge in [0.1, 0.15) is 18.7 Å². The van der Waals surface area contributed by atoms with Crippen molar-refractivity contribution in [1.82, 2.24) is 15.5 Å². The monoisotopic (exact) mass is 427 g/mol. The molecular formula is C23H29N3O5. The van der Waals surface area contributed by atoms with Gasteiger partial charge >= 0.3 is 5.97 Å². The maximum Gasteiger partial charge on any atom is 0.329 e. The van der Waals surface area contributed by atoms with Crippen molar-refractivity contribution in [1.29, 1.82) is 0 Å². The molecule has 0 aliphatic carbocycles. The first-order chi connectivity index (χ1) is 15.0. The normalized spacial score (nSPS) is 26.3. The standard InChI is InChI=1S/C23H29N3O5/c1-16-8-5-6-11-18(23(30)31-15-17-9-3-2-4-10-17)25-20(27)14-24-21(28)19-12-7-13-26(19)22(16)29/h2-6,9-10,16,18-19H,7-8,11-15H2,1H3,(H,24,28)(H,25,27)/b6-5+/t16-,18-,19-/m0/s1. The fourth-order valence-corrected chi connectivity index (χ4v) is 3.79. The van der Waals surface area contributed by atoms with E-state index in [0.717, 1.165) is 12.0 Å². The number of esters is 1. The first kappa shape index (κ1) is 22.5. The number of fused-ring (bicyclic) bond motifs is 1. The lowest BCUT2D eigenvalue weighted by molar-refractivity contribution is -0.149. The van der Waals surface area contributed by atoms with E-state index in [4.69, 9.17) is 4.74 Å². The zero-order chi connectivity index (χ0) is 22.2. The van der Waals surface area contributed by atoms with Gasteiger partial charge in [0.15, 0.2) is 0 Å². The Morgan fingerprint density at radius 2 is 1.87 bits per heavy atom. The molecule has 2 heterocycles. The lowest BCUT2D eigenvalue weighted by atomic mass is 10.0. The summed E-state index contributed by atoms with van der Waals surface area (Å²) >= 11 is 0. The van der Waals surface area contributed by atoms with Gasteiger partial charge in [0.25, 0.3) is 0 Å². The van der Waals surface area contributed by atoms with Crippen molar-refractivity contribution < 1.29 is 23.9 Å². The van der Waals surface area contributed by atoms with Crippen LogP contribution in [0.4, 0.5) is 0 Å². The van der Waals surface area contributed by atoms with Crippen LogP contribution >= 0.6 is 0 Å². The molecule has 8 nitrogen and oxygen atoms in total. The smallest absolute Gasteiger partial charge is 0.329 e. The molecule has 1 fully saturated rings. The Morgan fingerprint density at radius 3 is 2.65 bits per heavy atom. The number of hydrogen-bond acceptors (Lipinski definition) is 5. The second-order valence-corrected chi connectivity index (χ2v) is 7.96. The number of hydrogen-bond donors (Lipinski definition) is 2. The Morgan fingerprint density at radius 1 is 1.13 bits per heavy atom. The molecule has 0 spiro atoms. The number of nitrogens with one attached hydrogen (secondary N) is 2. The van der Waals surface area contributed by atoms with E-state index in [0.29, 0.717) is 19.4 Å². The second kappa shape index (κ2) is 10.7. The molecule has 1 aromatic rings. The van der Waals surface area contributed by atoms with Gasteiger partial charge in [0.05, 0.1) is 6.54 Å². The van der Waals surface area contributed by atoms with Gasteiger partial charge in [0, 0.05) is 12.5 Å². The van der Waals surface area contributed by atoms with Crippen LogP contribution in [0.3, 0.4) is 0 Å². The highest BCUT2D eigenvalue weighted by Gasteiger charge is 2.36. The highest BCUT2D eigenvalue weighted by molar-refractivity contribution is 5.92. The maximum atomic E-state index is 12.8. The van der Waals surface area contributed by atoms with E-state index in [9.17, 15) is 19.2 Å². The Balaban J connectivity index is 1.68. The summed E-state index contributed by atoms with van der Waals surface area (Å²) in [5.41, 5.74) is 0.847. The molecular weight excluding hydrogens is 398 g/mol. The van der Waals surface area contributed by atoms with Crippen LogP contribution in [0.15, 0.2) is 42.5 Å². The van der Waals surface area contributed by atoms with Crippen molar-refractivity contribution >= 4 is 23.7 Å². The molecule has 0 bridgehead atoms. The fourth-order valence-electron chi connectivity index (χ4n) is 3.79. The highest BCUT2D eigenvalue weighted by atomic mass is 16.5.